The fraction of sp³-hybridized carbons (Fsp3) is 0.350. The van der Waals surface area contributed by atoms with E-state index >= 15 is 0 Å². The number of hydrogen-bond acceptors (Lipinski definition) is 4. The number of nitrogens with one attached hydrogen (secondary N) is 1. The minimum absolute atomic E-state index is 0.248. The lowest BCUT2D eigenvalue weighted by atomic mass is 10.0. The van der Waals surface area contributed by atoms with Crippen molar-refractivity contribution in [2.75, 3.05) is 17.7 Å². The van der Waals surface area contributed by atoms with Gasteiger partial charge in [-0.25, -0.2) is 8.42 Å². The van der Waals surface area contributed by atoms with Crippen molar-refractivity contribution in [1.29, 1.82) is 0 Å². The first-order valence-electron chi connectivity index (χ1n) is 8.86. The molecule has 0 aromatic heterocycles. The molecule has 2 atom stereocenters. The summed E-state index contributed by atoms with van der Waals surface area (Å²) in [6, 6.07) is 12.6. The van der Waals surface area contributed by atoms with Gasteiger partial charge in [-0.3, -0.25) is 9.10 Å². The molecule has 2 aromatic rings. The van der Waals surface area contributed by atoms with Crippen LogP contribution in [0.5, 0.6) is 5.75 Å². The standard InChI is InChI=1S/C20H25ClN2O4S/c1-5-19(15-9-11-18(27-3)12-10-15)22-20(24)14(2)23(28(4,25)26)17-8-6-7-16(21)13-17/h6-14,19H,5H2,1-4H3,(H,22,24)/t14-,19-/m0/s1. The number of carbonyl (C=O) groups excluding carboxylic acids is 1. The van der Waals surface area contributed by atoms with Crippen LogP contribution in [0.2, 0.25) is 5.02 Å². The van der Waals surface area contributed by atoms with Gasteiger partial charge in [0.05, 0.1) is 25.1 Å². The van der Waals surface area contributed by atoms with Gasteiger partial charge in [-0.05, 0) is 49.2 Å². The van der Waals surface area contributed by atoms with E-state index in [1.165, 1.54) is 6.07 Å². The number of anilines is 1. The molecule has 0 saturated carbocycles. The Hall–Kier alpha value is -2.25. The number of amides is 1. The average Bonchev–Trinajstić information content (AvgIpc) is 2.65. The smallest absolute Gasteiger partial charge is 0.244 e. The summed E-state index contributed by atoms with van der Waals surface area (Å²) in [5.74, 6) is 0.329. The number of ether oxygens (including phenoxy) is 1. The Bertz CT molecular complexity index is 916. The zero-order chi connectivity index (χ0) is 20.9. The van der Waals surface area contributed by atoms with Crippen molar-refractivity contribution >= 4 is 33.2 Å². The highest BCUT2D eigenvalue weighted by atomic mass is 35.5. The van der Waals surface area contributed by atoms with E-state index in [0.29, 0.717) is 17.1 Å². The third kappa shape index (κ3) is 5.39. The van der Waals surface area contributed by atoms with Crippen LogP contribution < -0.4 is 14.4 Å². The van der Waals surface area contributed by atoms with E-state index in [9.17, 15) is 13.2 Å². The number of sulfonamides is 1. The van der Waals surface area contributed by atoms with Crippen LogP contribution in [-0.4, -0.2) is 33.7 Å². The molecule has 0 aliphatic carbocycles. The Balaban J connectivity index is 2.26. The lowest BCUT2D eigenvalue weighted by Gasteiger charge is -2.30. The van der Waals surface area contributed by atoms with Crippen LogP contribution in [0.25, 0.3) is 0 Å². The van der Waals surface area contributed by atoms with Gasteiger partial charge < -0.3 is 10.1 Å². The van der Waals surface area contributed by atoms with Crippen molar-refractivity contribution in [3.63, 3.8) is 0 Å². The topological polar surface area (TPSA) is 75.7 Å². The van der Waals surface area contributed by atoms with E-state index in [4.69, 9.17) is 16.3 Å². The summed E-state index contributed by atoms with van der Waals surface area (Å²) in [5, 5.41) is 3.33. The quantitative estimate of drug-likeness (QED) is 0.699. The summed E-state index contributed by atoms with van der Waals surface area (Å²) in [5.41, 5.74) is 1.26. The Morgan fingerprint density at radius 2 is 1.86 bits per heavy atom. The van der Waals surface area contributed by atoms with Gasteiger partial charge >= 0.3 is 0 Å². The average molecular weight is 425 g/mol. The van der Waals surface area contributed by atoms with E-state index in [0.717, 1.165) is 21.9 Å². The monoisotopic (exact) mass is 424 g/mol. The van der Waals surface area contributed by atoms with Crippen LogP contribution in [0.4, 0.5) is 5.69 Å². The van der Waals surface area contributed by atoms with Gasteiger partial charge in [-0.2, -0.15) is 0 Å². The zero-order valence-corrected chi connectivity index (χ0v) is 17.9. The van der Waals surface area contributed by atoms with E-state index in [1.807, 2.05) is 31.2 Å². The Morgan fingerprint density at radius 1 is 1.21 bits per heavy atom. The van der Waals surface area contributed by atoms with Gasteiger partial charge in [0, 0.05) is 5.02 Å². The molecule has 0 bridgehead atoms. The fourth-order valence-electron chi connectivity index (χ4n) is 2.97. The Morgan fingerprint density at radius 3 is 2.36 bits per heavy atom. The van der Waals surface area contributed by atoms with Gasteiger partial charge in [-0.15, -0.1) is 0 Å². The number of halogens is 1. The van der Waals surface area contributed by atoms with Crippen LogP contribution in [-0.2, 0) is 14.8 Å². The predicted octanol–water partition coefficient (Wildman–Crippen LogP) is 3.77. The van der Waals surface area contributed by atoms with E-state index in [2.05, 4.69) is 5.32 Å². The van der Waals surface area contributed by atoms with Gasteiger partial charge in [0.25, 0.3) is 0 Å². The van der Waals surface area contributed by atoms with Crippen molar-refractivity contribution in [2.45, 2.75) is 32.4 Å². The highest BCUT2D eigenvalue weighted by Gasteiger charge is 2.30. The molecule has 28 heavy (non-hydrogen) atoms. The van der Waals surface area contributed by atoms with Crippen LogP contribution in [0, 0.1) is 0 Å². The maximum Gasteiger partial charge on any atom is 0.244 e. The summed E-state index contributed by atoms with van der Waals surface area (Å²) in [7, 11) is -2.11. The van der Waals surface area contributed by atoms with Crippen LogP contribution in [0.15, 0.2) is 48.5 Å². The second-order valence-corrected chi connectivity index (χ2v) is 8.75. The summed E-state index contributed by atoms with van der Waals surface area (Å²) in [6.45, 7) is 3.50. The molecule has 0 heterocycles. The van der Waals surface area contributed by atoms with E-state index in [-0.39, 0.29) is 6.04 Å². The molecule has 6 nitrogen and oxygen atoms in total. The molecule has 2 aromatic carbocycles. The molecule has 0 spiro atoms. The summed E-state index contributed by atoms with van der Waals surface area (Å²) >= 11 is 6.00. The van der Waals surface area contributed by atoms with Crippen molar-refractivity contribution in [3.05, 3.63) is 59.1 Å². The van der Waals surface area contributed by atoms with Crippen molar-refractivity contribution < 1.29 is 17.9 Å². The van der Waals surface area contributed by atoms with E-state index < -0.39 is 22.0 Å². The van der Waals surface area contributed by atoms with Gasteiger partial charge in [0.2, 0.25) is 15.9 Å². The van der Waals surface area contributed by atoms with Crippen molar-refractivity contribution in [3.8, 4) is 5.75 Å². The maximum absolute atomic E-state index is 12.9. The number of carbonyl (C=O) groups is 1. The first kappa shape index (κ1) is 22.0. The normalized spacial score (nSPS) is 13.5. The minimum Gasteiger partial charge on any atom is -0.497 e. The molecule has 2 rings (SSSR count). The maximum atomic E-state index is 12.9. The molecule has 8 heteroatoms. The number of nitrogens with zero attached hydrogens (tertiary/aromatic N) is 1. The Labute approximate surface area is 171 Å². The number of benzene rings is 2. The molecular weight excluding hydrogens is 400 g/mol. The molecule has 0 radical (unpaired) electrons. The number of hydrogen-bond donors (Lipinski definition) is 1. The first-order chi connectivity index (χ1) is 13.2. The minimum atomic E-state index is -3.70. The molecule has 0 unspecified atom stereocenters. The summed E-state index contributed by atoms with van der Waals surface area (Å²) < 4.78 is 31.0. The zero-order valence-electron chi connectivity index (χ0n) is 16.3. The highest BCUT2D eigenvalue weighted by Crippen LogP contribution is 2.25. The first-order valence-corrected chi connectivity index (χ1v) is 11.1. The summed E-state index contributed by atoms with van der Waals surface area (Å²) in [6.07, 6.45) is 1.72. The van der Waals surface area contributed by atoms with E-state index in [1.54, 1.807) is 32.2 Å². The largest absolute Gasteiger partial charge is 0.497 e. The number of rotatable bonds is 8. The fourth-order valence-corrected chi connectivity index (χ4v) is 4.32. The van der Waals surface area contributed by atoms with Crippen LogP contribution in [0.1, 0.15) is 31.9 Å². The molecule has 1 N–H and O–H groups in total. The van der Waals surface area contributed by atoms with Crippen molar-refractivity contribution in [2.24, 2.45) is 0 Å². The third-order valence-corrected chi connectivity index (χ3v) is 5.87. The molecule has 152 valence electrons. The third-order valence-electron chi connectivity index (χ3n) is 4.39. The predicted molar refractivity (Wildman–Crippen MR) is 112 cm³/mol. The molecular formula is C20H25ClN2O4S. The van der Waals surface area contributed by atoms with Gasteiger partial charge in [-0.1, -0.05) is 36.7 Å². The molecule has 0 saturated heterocycles. The molecule has 0 aliphatic rings. The van der Waals surface area contributed by atoms with Crippen molar-refractivity contribution in [1.82, 2.24) is 5.32 Å². The second-order valence-electron chi connectivity index (χ2n) is 6.46. The molecule has 0 aliphatic heterocycles. The lowest BCUT2D eigenvalue weighted by molar-refractivity contribution is -0.122. The van der Waals surface area contributed by atoms with Gasteiger partial charge in [0.15, 0.2) is 0 Å². The Kier molecular flexibility index (Phi) is 7.32. The van der Waals surface area contributed by atoms with Crippen LogP contribution >= 0.6 is 11.6 Å². The molecule has 1 amide bonds. The second kappa shape index (κ2) is 9.30. The van der Waals surface area contributed by atoms with Gasteiger partial charge in [0.1, 0.15) is 11.8 Å². The highest BCUT2D eigenvalue weighted by molar-refractivity contribution is 7.92. The number of methoxy groups -OCH3 is 1. The lowest BCUT2D eigenvalue weighted by Crippen LogP contribution is -2.48. The summed E-state index contributed by atoms with van der Waals surface area (Å²) in [4.78, 5) is 12.9. The van der Waals surface area contributed by atoms with Crippen LogP contribution in [0.3, 0.4) is 0 Å². The SMILES string of the molecule is CC[C@H](NC(=O)[C@H](C)N(c1cccc(Cl)c1)S(C)(=O)=O)c1ccc(OC)cc1. The molecule has 0 fully saturated rings.